The number of rotatable bonds is 64. The predicted molar refractivity (Wildman–Crippen MR) is 524 cm³/mol. The molecule has 19 amide bonds. The molecular weight excluding hydrogens is 1900 g/mol. The molecule has 0 radical (unpaired) electrons. The first kappa shape index (κ1) is 122. The first-order valence-corrected chi connectivity index (χ1v) is 48.1. The average Bonchev–Trinajstić information content (AvgIpc) is 1.36. The van der Waals surface area contributed by atoms with Gasteiger partial charge in [-0.2, -0.15) is 12.6 Å². The second kappa shape index (κ2) is 60.9. The van der Waals surface area contributed by atoms with Gasteiger partial charge in [0.25, 0.3) is 0 Å². The number of phenolic OH excluding ortho intramolecular Hbond substituents is 1. The molecule has 0 spiro atoms. The number of phenols is 1. The number of hydrogen-bond donors (Lipinski definition) is 27. The second-order valence-corrected chi connectivity index (χ2v) is 38.3. The number of H-pyrrole nitrogens is 2. The van der Waals surface area contributed by atoms with Crippen LogP contribution in [0.3, 0.4) is 0 Å². The van der Waals surface area contributed by atoms with Crippen LogP contribution in [0.1, 0.15) is 184 Å². The number of nitrogens with two attached hydrogens (primary N) is 3. The molecule has 0 fully saturated rings. The number of aromatic nitrogens is 4. The highest BCUT2D eigenvalue weighted by Gasteiger charge is 2.41. The second-order valence-electron chi connectivity index (χ2n) is 38.0. The fourth-order valence-corrected chi connectivity index (χ4v) is 14.9. The number of imidazole rings is 2. The van der Waals surface area contributed by atoms with Crippen LogP contribution >= 0.6 is 12.6 Å². The van der Waals surface area contributed by atoms with Crippen LogP contribution in [0.5, 0.6) is 5.75 Å². The van der Waals surface area contributed by atoms with E-state index in [2.05, 4.69) is 123 Å². The van der Waals surface area contributed by atoms with E-state index in [1.807, 2.05) is 0 Å². The van der Waals surface area contributed by atoms with E-state index in [1.165, 1.54) is 70.1 Å². The molecule has 2 aromatic heterocycles. The predicted octanol–water partition coefficient (Wildman–Crippen LogP) is -4.51. The van der Waals surface area contributed by atoms with Gasteiger partial charge in [-0.3, -0.25) is 95.9 Å². The number of carboxylic acids is 2. The zero-order chi connectivity index (χ0) is 108. The molecule has 4 aromatic rings. The maximum Gasteiger partial charge on any atom is 0.326 e. The summed E-state index contributed by atoms with van der Waals surface area (Å²) in [6.07, 6.45) is 0.878. The Morgan fingerprint density at radius 1 is 0.354 bits per heavy atom. The zero-order valence-corrected chi connectivity index (χ0v) is 84.5. The minimum absolute atomic E-state index is 0.0457. The molecule has 0 aliphatic rings. The van der Waals surface area contributed by atoms with E-state index in [4.69, 9.17) is 17.2 Å². The van der Waals surface area contributed by atoms with Crippen LogP contribution in [0.15, 0.2) is 79.6 Å². The van der Waals surface area contributed by atoms with Crippen molar-refractivity contribution in [2.45, 2.75) is 290 Å². The van der Waals surface area contributed by atoms with Gasteiger partial charge in [0.2, 0.25) is 112 Å². The molecule has 29 N–H and O–H groups in total. The van der Waals surface area contributed by atoms with Gasteiger partial charge in [0.05, 0.1) is 49.7 Å². The van der Waals surface area contributed by atoms with Crippen molar-refractivity contribution in [1.82, 2.24) is 110 Å². The van der Waals surface area contributed by atoms with Crippen LogP contribution in [0, 0.1) is 41.4 Å². The van der Waals surface area contributed by atoms with Gasteiger partial charge in [0.1, 0.15) is 102 Å². The number of nitrogens with one attached hydrogen (secondary N) is 19. The molecule has 17 atom stereocenters. The lowest BCUT2D eigenvalue weighted by Gasteiger charge is -2.29. The van der Waals surface area contributed by atoms with Crippen molar-refractivity contribution in [3.8, 4) is 5.75 Å². The highest BCUT2D eigenvalue weighted by Crippen LogP contribution is 2.19. The van der Waals surface area contributed by atoms with Gasteiger partial charge < -0.3 is 138 Å². The molecule has 796 valence electrons. The summed E-state index contributed by atoms with van der Waals surface area (Å²) >= 11 is 4.25. The molecule has 49 nitrogen and oxygen atoms in total. The number of carbonyl (C=O) groups excluding carboxylic acids is 19. The number of aliphatic hydroxyl groups excluding tert-OH is 1. The summed E-state index contributed by atoms with van der Waals surface area (Å²) in [5.41, 5.74) is 18.7. The fraction of sp³-hybridized carbons (Fsp3) is 0.585. The smallest absolute Gasteiger partial charge is 0.326 e. The van der Waals surface area contributed by atoms with Gasteiger partial charge in [0, 0.05) is 50.3 Å². The SMILES string of the molecule is CC(C)C[C@H](NC(=O)[C@H](C)NC(=O)[C@H](CCC(=O)O)NC(=O)[C@@H](NC(=O)[C@H](CC(C)C)NC(=O)[C@H](Cc1c[nH]cn1)NC(=O)[C@H](CO)NC(=O)CNC(=O)[C@H](CS)NC(=O)[C@H](CC(C)C)NC(=O)[C@H](Cc1c[nH]cn1)NC(=O)[C@H](CCC(N)=O)NC(=O)[C@H](CC(N)=O)NC(=O)[C@@H](NC(=O)[C@@H](N)Cc1ccccc1)C(C)C)C(C)C)C(=O)N[C@@H](Cc1ccc(O)cc1)C(=O)N[C@@H](CC(C)C)C(=O)N[C@H](C(=O)O)C(C)C. The van der Waals surface area contributed by atoms with Crippen LogP contribution in [0.4, 0.5) is 0 Å². The van der Waals surface area contributed by atoms with Crippen molar-refractivity contribution in [3.05, 3.63) is 102 Å². The van der Waals surface area contributed by atoms with E-state index < -0.39 is 302 Å². The number of aliphatic hydroxyl groups is 1. The lowest BCUT2D eigenvalue weighted by molar-refractivity contribution is -0.143. The number of carboxylic acid groups (broad SMARTS) is 2. The van der Waals surface area contributed by atoms with Crippen LogP contribution in [-0.4, -0.2) is 286 Å². The topological polar surface area (TPSA) is 779 Å². The van der Waals surface area contributed by atoms with Gasteiger partial charge >= 0.3 is 11.9 Å². The molecule has 4 rings (SSSR count). The maximum atomic E-state index is 14.6. The summed E-state index contributed by atoms with van der Waals surface area (Å²) in [5.74, 6) is -25.6. The average molecular weight is 2040 g/mol. The molecule has 0 aliphatic carbocycles. The minimum atomic E-state index is -1.87. The highest BCUT2D eigenvalue weighted by molar-refractivity contribution is 7.80. The van der Waals surface area contributed by atoms with E-state index in [-0.39, 0.29) is 85.8 Å². The summed E-state index contributed by atoms with van der Waals surface area (Å²) in [5, 5.41) is 82.6. The van der Waals surface area contributed by atoms with E-state index in [0.29, 0.717) is 5.56 Å². The number of carbonyl (C=O) groups is 21. The normalized spacial score (nSPS) is 14.9. The molecule has 2 heterocycles. The summed E-state index contributed by atoms with van der Waals surface area (Å²) in [6, 6.07) is -11.6. The standard InChI is InChI=1S/C94H144N24O25S/c1-45(2)29-61(83(131)111-65(34-54-21-23-57(120)24-22-54)85(133)109-64(32-48(7)8)90(138)118-77(51(13)14)94(142)143)107-78(126)52(15)103-81(129)60(26-28-74(124)125)106-92(140)76(50(11)12)117-89(137)63(31-47(5)6)110-87(135)67(36-56-39-99-44-102-56)113-91(139)69(41-119)104-73(123)40-100-80(128)70(42-144)115-84(132)62(30-46(3)4)108-86(134)66(35-55-38-98-43-101-55)112-82(130)59(25-27-71(96)121)105-88(136)68(37-72(97)122)114-93(141)75(49(9)10)116-79(127)58(95)33-53-19-17-16-18-20-53/h16-24,38-39,43-52,58-70,75-77,119-120,144H,25-37,40-42,95H2,1-15H3,(H2,96,121)(H2,97,122)(H,98,101)(H,99,102)(H,100,128)(H,103,129)(H,104,123)(H,105,136)(H,106,140)(H,107,126)(H,108,134)(H,109,133)(H,110,135)(H,111,131)(H,112,130)(H,113,139)(H,114,141)(H,115,132)(H,116,127)(H,117,137)(H,118,138)(H,124,125)(H,142,143)/t52-,58-,59-,60-,61-,62-,63-,64-,65-,66-,67-,68-,69-,70-,75-,76-,77-/m0/s1. The summed E-state index contributed by atoms with van der Waals surface area (Å²) < 4.78 is 0. The number of hydrogen-bond acceptors (Lipinski definition) is 27. The molecular formula is C94H144N24O25S. The minimum Gasteiger partial charge on any atom is -0.508 e. The van der Waals surface area contributed by atoms with Crippen molar-refractivity contribution in [2.75, 3.05) is 18.9 Å². The van der Waals surface area contributed by atoms with Gasteiger partial charge in [-0.05, 0) is 117 Å². The Hall–Kier alpha value is -14.2. The van der Waals surface area contributed by atoms with Gasteiger partial charge in [-0.25, -0.2) is 14.8 Å². The Balaban J connectivity index is 1.49. The molecule has 50 heteroatoms. The van der Waals surface area contributed by atoms with Crippen LogP contribution in [0.25, 0.3) is 0 Å². The molecule has 2 aromatic carbocycles. The third-order valence-electron chi connectivity index (χ3n) is 22.4. The Morgan fingerprint density at radius 3 is 1.10 bits per heavy atom. The zero-order valence-electron chi connectivity index (χ0n) is 83.6. The maximum absolute atomic E-state index is 14.6. The van der Waals surface area contributed by atoms with Crippen LogP contribution in [-0.2, 0) is 126 Å². The Bertz CT molecular complexity index is 4990. The number of nitrogens with zero attached hydrogens (tertiary/aromatic N) is 2. The quantitative estimate of drug-likeness (QED) is 0.0185. The van der Waals surface area contributed by atoms with Crippen molar-refractivity contribution >= 4 is 137 Å². The highest BCUT2D eigenvalue weighted by atomic mass is 32.1. The van der Waals surface area contributed by atoms with E-state index >= 15 is 0 Å². The van der Waals surface area contributed by atoms with E-state index in [9.17, 15) is 121 Å². The van der Waals surface area contributed by atoms with Crippen molar-refractivity contribution < 1.29 is 121 Å². The number of aliphatic carboxylic acids is 2. The number of benzene rings is 2. The Morgan fingerprint density at radius 2 is 0.701 bits per heavy atom. The van der Waals surface area contributed by atoms with Crippen molar-refractivity contribution in [2.24, 2.45) is 58.6 Å². The van der Waals surface area contributed by atoms with E-state index in [0.717, 1.165) is 5.56 Å². The van der Waals surface area contributed by atoms with Crippen LogP contribution in [0.2, 0.25) is 0 Å². The van der Waals surface area contributed by atoms with Gasteiger partial charge in [-0.1, -0.05) is 139 Å². The number of aromatic hydroxyl groups is 1. The van der Waals surface area contributed by atoms with Gasteiger partial charge in [-0.15, -0.1) is 0 Å². The summed E-state index contributed by atoms with van der Waals surface area (Å²) in [4.78, 5) is 304. The number of thiol groups is 1. The molecule has 0 aliphatic heterocycles. The summed E-state index contributed by atoms with van der Waals surface area (Å²) in [7, 11) is 0. The lowest BCUT2D eigenvalue weighted by atomic mass is 9.98. The molecule has 0 bridgehead atoms. The number of primary amides is 2. The van der Waals surface area contributed by atoms with E-state index in [1.54, 1.807) is 113 Å². The third kappa shape index (κ3) is 43.7. The molecule has 0 saturated heterocycles. The number of amides is 19. The largest absolute Gasteiger partial charge is 0.508 e. The van der Waals surface area contributed by atoms with Crippen molar-refractivity contribution in [3.63, 3.8) is 0 Å². The Labute approximate surface area is 839 Å². The summed E-state index contributed by atoms with van der Waals surface area (Å²) in [6.45, 7) is 22.3. The fourth-order valence-electron chi connectivity index (χ4n) is 14.6. The molecule has 144 heavy (non-hydrogen) atoms. The number of aromatic amines is 2. The lowest BCUT2D eigenvalue weighted by Crippen LogP contribution is -2.61. The van der Waals surface area contributed by atoms with Crippen LogP contribution < -0.4 is 108 Å². The molecule has 0 unspecified atom stereocenters. The van der Waals surface area contributed by atoms with Crippen molar-refractivity contribution in [1.29, 1.82) is 0 Å². The third-order valence-corrected chi connectivity index (χ3v) is 22.8. The monoisotopic (exact) mass is 2040 g/mol. The first-order chi connectivity index (χ1) is 67.6. The van der Waals surface area contributed by atoms with Gasteiger partial charge in [0.15, 0.2) is 0 Å². The Kier molecular flexibility index (Phi) is 51.7. The first-order valence-electron chi connectivity index (χ1n) is 47.5. The molecule has 0 saturated carbocycles.